The lowest BCUT2D eigenvalue weighted by atomic mass is 10.0. The van der Waals surface area contributed by atoms with E-state index in [1.807, 2.05) is 18.2 Å². The molecule has 8 heteroatoms. The van der Waals surface area contributed by atoms with Gasteiger partial charge in [0.25, 0.3) is 0 Å². The average Bonchev–Trinajstić information content (AvgIpc) is 3.34. The lowest BCUT2D eigenvalue weighted by molar-refractivity contribution is 0.0914. The number of nitrogens with zero attached hydrogens (tertiary/aromatic N) is 3. The summed E-state index contributed by atoms with van der Waals surface area (Å²) < 4.78 is 15.8. The van der Waals surface area contributed by atoms with E-state index in [1.54, 1.807) is 30.3 Å². The first kappa shape index (κ1) is 22.1. The van der Waals surface area contributed by atoms with Crippen molar-refractivity contribution >= 4 is 17.3 Å². The highest BCUT2D eigenvalue weighted by atomic mass is 16.5. The summed E-state index contributed by atoms with van der Waals surface area (Å²) in [5.41, 5.74) is 3.94. The van der Waals surface area contributed by atoms with Gasteiger partial charge in [0.15, 0.2) is 23.1 Å². The lowest BCUT2D eigenvalue weighted by Crippen LogP contribution is -2.08. The van der Waals surface area contributed by atoms with Gasteiger partial charge in [-0.3, -0.25) is 9.59 Å². The number of benzene rings is 2. The monoisotopic (exact) mass is 445 g/mol. The molecule has 0 saturated heterocycles. The van der Waals surface area contributed by atoms with E-state index in [2.05, 4.69) is 15.2 Å². The number of carbonyl (C=O) groups is 2. The maximum absolute atomic E-state index is 12.9. The van der Waals surface area contributed by atoms with Crippen molar-refractivity contribution in [3.05, 3.63) is 65.4 Å². The number of ether oxygens (including phenoxy) is 3. The second kappa shape index (κ2) is 9.60. The minimum Gasteiger partial charge on any atom is -0.497 e. The quantitative estimate of drug-likeness (QED) is 0.419. The predicted octanol–water partition coefficient (Wildman–Crippen LogP) is 5.22. The Balaban J connectivity index is 1.52. The minimum atomic E-state index is -0.246. The second-order valence-corrected chi connectivity index (χ2v) is 7.44. The maximum Gasteiger partial charge on any atom is 0.181 e. The number of azo groups is 1. The van der Waals surface area contributed by atoms with Crippen LogP contribution in [-0.4, -0.2) is 37.9 Å². The molecule has 0 N–H and O–H groups in total. The van der Waals surface area contributed by atoms with Crippen LogP contribution in [0.15, 0.2) is 58.8 Å². The van der Waals surface area contributed by atoms with Crippen LogP contribution >= 0.6 is 0 Å². The van der Waals surface area contributed by atoms with Gasteiger partial charge in [0.1, 0.15) is 11.4 Å². The van der Waals surface area contributed by atoms with Crippen LogP contribution in [0, 0.1) is 0 Å². The van der Waals surface area contributed by atoms with Crippen molar-refractivity contribution in [2.75, 3.05) is 21.3 Å². The zero-order valence-electron chi connectivity index (χ0n) is 18.6. The molecule has 1 aliphatic rings. The molecule has 0 spiro atoms. The SMILES string of the molecule is COc1cc(C(=O)CCC(=O)c2ccc(OC)c(OC)c2)nc(-c2ccc3c(c2)N=NC3)c1. The molecule has 2 heterocycles. The standard InChI is InChI=1S/C25H23N3O5/c1-31-18-12-19(15-4-5-17-14-26-28-20(17)10-15)27-21(13-18)23(30)8-7-22(29)16-6-9-24(32-2)25(11-16)33-3/h4-6,9-13H,7-8,14H2,1-3H3. The highest BCUT2D eigenvalue weighted by Crippen LogP contribution is 2.33. The smallest absolute Gasteiger partial charge is 0.181 e. The predicted molar refractivity (Wildman–Crippen MR) is 122 cm³/mol. The van der Waals surface area contributed by atoms with E-state index in [0.29, 0.717) is 35.1 Å². The van der Waals surface area contributed by atoms with Gasteiger partial charge in [0, 0.05) is 41.7 Å². The van der Waals surface area contributed by atoms with Crippen LogP contribution < -0.4 is 14.2 Å². The molecule has 4 rings (SSSR count). The fraction of sp³-hybridized carbons (Fsp3) is 0.240. The van der Waals surface area contributed by atoms with Crippen LogP contribution in [0.5, 0.6) is 17.2 Å². The molecule has 8 nitrogen and oxygen atoms in total. The van der Waals surface area contributed by atoms with Crippen LogP contribution in [-0.2, 0) is 6.54 Å². The molecule has 1 aromatic heterocycles. The van der Waals surface area contributed by atoms with E-state index in [9.17, 15) is 9.59 Å². The molecule has 2 aromatic carbocycles. The second-order valence-electron chi connectivity index (χ2n) is 7.44. The summed E-state index contributed by atoms with van der Waals surface area (Å²) in [4.78, 5) is 30.1. The number of fused-ring (bicyclic) bond motifs is 1. The number of pyridine rings is 1. The summed E-state index contributed by atoms with van der Waals surface area (Å²) in [6.07, 6.45) is 0.0625. The van der Waals surface area contributed by atoms with Crippen LogP contribution in [0.25, 0.3) is 11.3 Å². The Morgan fingerprint density at radius 1 is 0.848 bits per heavy atom. The van der Waals surface area contributed by atoms with Crippen molar-refractivity contribution in [1.82, 2.24) is 4.98 Å². The van der Waals surface area contributed by atoms with Crippen LogP contribution in [0.2, 0.25) is 0 Å². The Bertz CT molecular complexity index is 1250. The molecular formula is C25H23N3O5. The molecule has 1 aliphatic heterocycles. The summed E-state index contributed by atoms with van der Waals surface area (Å²) in [5.74, 6) is 1.09. The Labute approximate surface area is 191 Å². The number of Topliss-reactive ketones (excluding diaryl/α,β-unsaturated/α-hetero) is 2. The Hall–Kier alpha value is -4.07. The molecular weight excluding hydrogens is 422 g/mol. The third-order valence-electron chi connectivity index (χ3n) is 5.41. The molecule has 0 saturated carbocycles. The molecule has 33 heavy (non-hydrogen) atoms. The van der Waals surface area contributed by atoms with Gasteiger partial charge in [0.05, 0.1) is 39.3 Å². The number of hydrogen-bond donors (Lipinski definition) is 0. The first-order chi connectivity index (χ1) is 16.0. The molecule has 168 valence electrons. The van der Waals surface area contributed by atoms with E-state index in [-0.39, 0.29) is 30.1 Å². The van der Waals surface area contributed by atoms with Crippen molar-refractivity contribution in [2.45, 2.75) is 19.4 Å². The lowest BCUT2D eigenvalue weighted by Gasteiger charge is -2.10. The van der Waals surface area contributed by atoms with Crippen LogP contribution in [0.4, 0.5) is 5.69 Å². The number of carbonyl (C=O) groups excluding carboxylic acids is 2. The first-order valence-electron chi connectivity index (χ1n) is 10.4. The molecule has 0 atom stereocenters. The highest BCUT2D eigenvalue weighted by Gasteiger charge is 2.17. The van der Waals surface area contributed by atoms with Gasteiger partial charge < -0.3 is 14.2 Å². The van der Waals surface area contributed by atoms with Gasteiger partial charge in [-0.25, -0.2) is 4.98 Å². The fourth-order valence-electron chi connectivity index (χ4n) is 3.56. The van der Waals surface area contributed by atoms with Gasteiger partial charge in [-0.05, 0) is 24.3 Å². The fourth-order valence-corrected chi connectivity index (χ4v) is 3.56. The Morgan fingerprint density at radius 3 is 2.39 bits per heavy atom. The van der Waals surface area contributed by atoms with Crippen molar-refractivity contribution in [3.63, 3.8) is 0 Å². The third kappa shape index (κ3) is 4.74. The van der Waals surface area contributed by atoms with E-state index >= 15 is 0 Å². The summed E-state index contributed by atoms with van der Waals surface area (Å²) in [7, 11) is 4.57. The summed E-state index contributed by atoms with van der Waals surface area (Å²) in [5, 5.41) is 8.16. The summed E-state index contributed by atoms with van der Waals surface area (Å²) >= 11 is 0. The molecule has 0 unspecified atom stereocenters. The van der Waals surface area contributed by atoms with E-state index in [0.717, 1.165) is 16.8 Å². The molecule has 0 aliphatic carbocycles. The zero-order chi connectivity index (χ0) is 23.4. The van der Waals surface area contributed by atoms with Gasteiger partial charge in [-0.2, -0.15) is 10.2 Å². The number of aromatic nitrogens is 1. The summed E-state index contributed by atoms with van der Waals surface area (Å²) in [6.45, 7) is 0.568. The van der Waals surface area contributed by atoms with Crippen molar-refractivity contribution < 1.29 is 23.8 Å². The number of methoxy groups -OCH3 is 3. The van der Waals surface area contributed by atoms with Crippen molar-refractivity contribution in [1.29, 1.82) is 0 Å². The maximum atomic E-state index is 12.9. The molecule has 3 aromatic rings. The molecule has 0 bridgehead atoms. The number of rotatable bonds is 9. The van der Waals surface area contributed by atoms with Gasteiger partial charge in [0.2, 0.25) is 0 Å². The van der Waals surface area contributed by atoms with Gasteiger partial charge in [-0.1, -0.05) is 12.1 Å². The van der Waals surface area contributed by atoms with Crippen LogP contribution in [0.1, 0.15) is 39.3 Å². The van der Waals surface area contributed by atoms with Gasteiger partial charge in [-0.15, -0.1) is 0 Å². The minimum absolute atomic E-state index is 0.0190. The highest BCUT2D eigenvalue weighted by molar-refractivity contribution is 6.02. The Morgan fingerprint density at radius 2 is 1.64 bits per heavy atom. The average molecular weight is 445 g/mol. The molecule has 0 radical (unpaired) electrons. The van der Waals surface area contributed by atoms with E-state index in [4.69, 9.17) is 14.2 Å². The largest absolute Gasteiger partial charge is 0.497 e. The summed E-state index contributed by atoms with van der Waals surface area (Å²) in [6, 6.07) is 14.0. The Kier molecular flexibility index (Phi) is 6.44. The number of ketones is 2. The zero-order valence-corrected chi connectivity index (χ0v) is 18.6. The topological polar surface area (TPSA) is 99.4 Å². The van der Waals surface area contributed by atoms with Crippen LogP contribution in [0.3, 0.4) is 0 Å². The first-order valence-corrected chi connectivity index (χ1v) is 10.4. The van der Waals surface area contributed by atoms with Crippen molar-refractivity contribution in [2.24, 2.45) is 10.2 Å². The molecule has 0 fully saturated rings. The number of hydrogen-bond acceptors (Lipinski definition) is 8. The normalized spacial score (nSPS) is 11.7. The van der Waals surface area contributed by atoms with Gasteiger partial charge >= 0.3 is 0 Å². The van der Waals surface area contributed by atoms with E-state index < -0.39 is 0 Å². The third-order valence-corrected chi connectivity index (χ3v) is 5.41. The molecule has 0 amide bonds. The van der Waals surface area contributed by atoms with Crippen molar-refractivity contribution in [3.8, 4) is 28.5 Å². The van der Waals surface area contributed by atoms with E-state index in [1.165, 1.54) is 21.3 Å².